The second kappa shape index (κ2) is 8.09. The first kappa shape index (κ1) is 17.4. The molecule has 1 saturated heterocycles. The molecule has 1 aliphatic heterocycles. The SMILES string of the molecule is CNC(=O)C[C@@H]1[C@@H](O)[C@H](O)[C@@H](CO)N1CC#Cc1ccccc1. The summed E-state index contributed by atoms with van der Waals surface area (Å²) in [5.41, 5.74) is 0.858. The van der Waals surface area contributed by atoms with E-state index in [9.17, 15) is 20.1 Å². The third kappa shape index (κ3) is 4.09. The van der Waals surface area contributed by atoms with Gasteiger partial charge in [0.25, 0.3) is 0 Å². The number of amides is 1. The fourth-order valence-corrected chi connectivity index (χ4v) is 2.83. The van der Waals surface area contributed by atoms with Crippen LogP contribution in [0.4, 0.5) is 0 Å². The topological polar surface area (TPSA) is 93.0 Å². The van der Waals surface area contributed by atoms with E-state index in [0.717, 1.165) is 5.56 Å². The molecule has 23 heavy (non-hydrogen) atoms. The minimum absolute atomic E-state index is 0.0399. The highest BCUT2D eigenvalue weighted by Gasteiger charge is 2.47. The molecule has 0 aliphatic carbocycles. The van der Waals surface area contributed by atoms with Gasteiger partial charge in [0.2, 0.25) is 5.91 Å². The zero-order chi connectivity index (χ0) is 16.8. The van der Waals surface area contributed by atoms with Crippen molar-refractivity contribution in [2.24, 2.45) is 0 Å². The number of carbonyl (C=O) groups is 1. The van der Waals surface area contributed by atoms with Crippen LogP contribution in [0.15, 0.2) is 30.3 Å². The summed E-state index contributed by atoms with van der Waals surface area (Å²) < 4.78 is 0. The second-order valence-corrected chi connectivity index (χ2v) is 5.52. The molecule has 1 aromatic carbocycles. The summed E-state index contributed by atoms with van der Waals surface area (Å²) in [6.45, 7) is -0.0641. The molecule has 1 aliphatic rings. The van der Waals surface area contributed by atoms with E-state index in [0.29, 0.717) is 0 Å². The Balaban J connectivity index is 2.13. The van der Waals surface area contributed by atoms with Crippen LogP contribution in [-0.4, -0.2) is 70.6 Å². The van der Waals surface area contributed by atoms with E-state index in [1.165, 1.54) is 7.05 Å². The van der Waals surface area contributed by atoms with Gasteiger partial charge in [-0.1, -0.05) is 30.0 Å². The first-order chi connectivity index (χ1) is 11.1. The van der Waals surface area contributed by atoms with Gasteiger partial charge >= 0.3 is 0 Å². The van der Waals surface area contributed by atoms with Gasteiger partial charge in [0.1, 0.15) is 0 Å². The zero-order valence-corrected chi connectivity index (χ0v) is 13.0. The monoisotopic (exact) mass is 318 g/mol. The van der Waals surface area contributed by atoms with Crippen molar-refractivity contribution < 1.29 is 20.1 Å². The lowest BCUT2D eigenvalue weighted by Gasteiger charge is -2.27. The fraction of sp³-hybridized carbons (Fsp3) is 0.471. The van der Waals surface area contributed by atoms with Gasteiger partial charge in [-0.3, -0.25) is 9.69 Å². The highest BCUT2D eigenvalue weighted by atomic mass is 16.3. The Labute approximate surface area is 135 Å². The van der Waals surface area contributed by atoms with Crippen LogP contribution in [0.1, 0.15) is 12.0 Å². The van der Waals surface area contributed by atoms with Crippen molar-refractivity contribution in [2.45, 2.75) is 30.7 Å². The van der Waals surface area contributed by atoms with Gasteiger partial charge in [0.15, 0.2) is 0 Å². The van der Waals surface area contributed by atoms with Crippen molar-refractivity contribution >= 4 is 5.91 Å². The minimum Gasteiger partial charge on any atom is -0.395 e. The molecule has 0 radical (unpaired) electrons. The quantitative estimate of drug-likeness (QED) is 0.531. The number of rotatable bonds is 4. The molecule has 0 saturated carbocycles. The Hall–Kier alpha value is -1.91. The molecular formula is C17H22N2O4. The summed E-state index contributed by atoms with van der Waals surface area (Å²) in [4.78, 5) is 13.3. The van der Waals surface area contributed by atoms with Crippen LogP contribution in [0, 0.1) is 11.8 Å². The number of likely N-dealkylation sites (tertiary alicyclic amines) is 1. The minimum atomic E-state index is -1.10. The molecular weight excluding hydrogens is 296 g/mol. The molecule has 4 atom stereocenters. The van der Waals surface area contributed by atoms with Crippen LogP contribution in [-0.2, 0) is 4.79 Å². The van der Waals surface area contributed by atoms with E-state index in [1.54, 1.807) is 4.90 Å². The number of nitrogens with zero attached hydrogens (tertiary/aromatic N) is 1. The number of hydrogen-bond acceptors (Lipinski definition) is 5. The number of benzene rings is 1. The van der Waals surface area contributed by atoms with Crippen molar-refractivity contribution in [3.8, 4) is 11.8 Å². The maximum atomic E-state index is 11.6. The van der Waals surface area contributed by atoms with E-state index < -0.39 is 24.3 Å². The Morgan fingerprint density at radius 2 is 1.87 bits per heavy atom. The van der Waals surface area contributed by atoms with Crippen LogP contribution in [0.25, 0.3) is 0 Å². The Kier molecular flexibility index (Phi) is 6.13. The molecule has 1 aromatic rings. The average molecular weight is 318 g/mol. The molecule has 0 spiro atoms. The molecule has 1 heterocycles. The van der Waals surface area contributed by atoms with Gasteiger partial charge in [-0.15, -0.1) is 0 Å². The zero-order valence-electron chi connectivity index (χ0n) is 13.0. The molecule has 124 valence electrons. The number of hydrogen-bond donors (Lipinski definition) is 4. The number of aliphatic hydroxyl groups excluding tert-OH is 3. The van der Waals surface area contributed by atoms with E-state index in [2.05, 4.69) is 17.2 Å². The average Bonchev–Trinajstić information content (AvgIpc) is 2.80. The number of nitrogens with one attached hydrogen (secondary N) is 1. The molecule has 2 rings (SSSR count). The predicted molar refractivity (Wildman–Crippen MR) is 85.4 cm³/mol. The summed E-state index contributed by atoms with van der Waals surface area (Å²) in [5.74, 6) is 5.74. The second-order valence-electron chi connectivity index (χ2n) is 5.52. The Morgan fingerprint density at radius 3 is 2.48 bits per heavy atom. The van der Waals surface area contributed by atoms with Crippen LogP contribution in [0.5, 0.6) is 0 Å². The van der Waals surface area contributed by atoms with Crippen molar-refractivity contribution in [3.05, 3.63) is 35.9 Å². The highest BCUT2D eigenvalue weighted by molar-refractivity contribution is 5.76. The first-order valence-corrected chi connectivity index (χ1v) is 7.55. The van der Waals surface area contributed by atoms with Crippen molar-refractivity contribution in [1.82, 2.24) is 10.2 Å². The van der Waals surface area contributed by atoms with Gasteiger partial charge in [-0.25, -0.2) is 0 Å². The lowest BCUT2D eigenvalue weighted by atomic mass is 10.1. The van der Waals surface area contributed by atoms with Gasteiger partial charge in [-0.2, -0.15) is 0 Å². The van der Waals surface area contributed by atoms with Gasteiger partial charge in [0, 0.05) is 25.1 Å². The van der Waals surface area contributed by atoms with Gasteiger partial charge in [0.05, 0.1) is 31.4 Å². The Bertz CT molecular complexity index is 581. The summed E-state index contributed by atoms with van der Waals surface area (Å²) in [6, 6.07) is 8.23. The summed E-state index contributed by atoms with van der Waals surface area (Å²) in [7, 11) is 1.52. The smallest absolute Gasteiger partial charge is 0.221 e. The maximum absolute atomic E-state index is 11.6. The predicted octanol–water partition coefficient (Wildman–Crippen LogP) is -1.06. The van der Waals surface area contributed by atoms with Gasteiger partial charge < -0.3 is 20.6 Å². The lowest BCUT2D eigenvalue weighted by molar-refractivity contribution is -0.122. The molecule has 6 heteroatoms. The van der Waals surface area contributed by atoms with Crippen LogP contribution < -0.4 is 5.32 Å². The van der Waals surface area contributed by atoms with Crippen molar-refractivity contribution in [3.63, 3.8) is 0 Å². The fourth-order valence-electron chi connectivity index (χ4n) is 2.83. The molecule has 0 aromatic heterocycles. The van der Waals surface area contributed by atoms with Crippen molar-refractivity contribution in [2.75, 3.05) is 20.2 Å². The van der Waals surface area contributed by atoms with E-state index in [1.807, 2.05) is 30.3 Å². The lowest BCUT2D eigenvalue weighted by Crippen LogP contribution is -2.43. The maximum Gasteiger partial charge on any atom is 0.221 e. The van der Waals surface area contributed by atoms with Gasteiger partial charge in [-0.05, 0) is 12.1 Å². The first-order valence-electron chi connectivity index (χ1n) is 7.55. The molecule has 0 unspecified atom stereocenters. The van der Waals surface area contributed by atoms with E-state index in [-0.39, 0.29) is 25.5 Å². The highest BCUT2D eigenvalue weighted by Crippen LogP contribution is 2.27. The molecule has 1 fully saturated rings. The normalized spacial score (nSPS) is 27.3. The third-order valence-corrected chi connectivity index (χ3v) is 4.12. The molecule has 1 amide bonds. The van der Waals surface area contributed by atoms with Crippen LogP contribution in [0.2, 0.25) is 0 Å². The summed E-state index contributed by atoms with van der Waals surface area (Å²) in [6.07, 6.45) is -2.16. The number of aliphatic hydroxyl groups is 3. The van der Waals surface area contributed by atoms with Crippen LogP contribution in [0.3, 0.4) is 0 Å². The summed E-state index contributed by atoms with van der Waals surface area (Å²) >= 11 is 0. The molecule has 0 bridgehead atoms. The number of carbonyl (C=O) groups excluding carboxylic acids is 1. The summed E-state index contributed by atoms with van der Waals surface area (Å²) in [5, 5.41) is 32.2. The largest absolute Gasteiger partial charge is 0.395 e. The molecule has 6 nitrogen and oxygen atoms in total. The van der Waals surface area contributed by atoms with E-state index >= 15 is 0 Å². The standard InChI is InChI=1S/C17H22N2O4/c1-18-15(21)10-13-16(22)17(23)14(11-20)19(13)9-5-8-12-6-3-2-4-7-12/h2-4,6-7,13-14,16-17,20,22-23H,9-11H2,1H3,(H,18,21)/t13-,14-,16-,17-/m1/s1. The van der Waals surface area contributed by atoms with E-state index in [4.69, 9.17) is 0 Å². The molecule has 4 N–H and O–H groups in total. The Morgan fingerprint density at radius 1 is 1.22 bits per heavy atom. The van der Waals surface area contributed by atoms with Crippen LogP contribution >= 0.6 is 0 Å². The third-order valence-electron chi connectivity index (χ3n) is 4.12. The van der Waals surface area contributed by atoms with Crippen molar-refractivity contribution in [1.29, 1.82) is 0 Å².